The first-order valence-electron chi connectivity index (χ1n) is 33.7. The summed E-state index contributed by atoms with van der Waals surface area (Å²) in [6.07, 6.45) is 30.6. The van der Waals surface area contributed by atoms with Crippen molar-refractivity contribution in [1.82, 2.24) is 0 Å². The zero-order valence-electron chi connectivity index (χ0n) is 56.3. The Morgan fingerprint density at radius 3 is 0.553 bits per heavy atom. The van der Waals surface area contributed by atoms with Crippen molar-refractivity contribution in [3.8, 4) is 0 Å². The Balaban J connectivity index is 0.000000435. The Bertz CT molecular complexity index is 1280. The van der Waals surface area contributed by atoms with Crippen LogP contribution in [0.4, 0.5) is 0 Å². The van der Waals surface area contributed by atoms with Crippen molar-refractivity contribution in [3.63, 3.8) is 0 Å². The summed E-state index contributed by atoms with van der Waals surface area (Å²) in [5.74, 6) is 18.4. The predicted molar refractivity (Wildman–Crippen MR) is 337 cm³/mol. The standard InChI is InChI=1S/2C10H20O.2C10H20.2C8H16O.2C8H16/c2*1-8(2)9-4-6-10(3,11)7-5-9;2*1-8(2)10-6-4-9(3)5-7-10;2*1-6(2)7-4-8(3,9)5-7;2*1-6(2)8-4-7(3)5-8/h2*8-9,11H,4-7H2,1-3H3;2*8-10H,4-7H2,1-3H3;2*6-7,9H,4-5H2,1-3H3;2*6-8H,4-5H2,1-3H3. The van der Waals surface area contributed by atoms with Gasteiger partial charge in [-0.1, -0.05) is 164 Å². The van der Waals surface area contributed by atoms with Crippen LogP contribution in [-0.4, -0.2) is 42.8 Å². The lowest BCUT2D eigenvalue weighted by Crippen LogP contribution is -2.42. The molecule has 0 radical (unpaired) electrons. The van der Waals surface area contributed by atoms with E-state index in [1.54, 1.807) is 0 Å². The first-order chi connectivity index (χ1) is 34.8. The van der Waals surface area contributed by atoms with Gasteiger partial charge in [0, 0.05) is 0 Å². The molecule has 0 aromatic carbocycles. The molecule has 0 amide bonds. The first kappa shape index (κ1) is 73.9. The molecule has 8 saturated carbocycles. The lowest BCUT2D eigenvalue weighted by atomic mass is 9.67. The van der Waals surface area contributed by atoms with Crippen LogP contribution in [0.15, 0.2) is 0 Å². The van der Waals surface area contributed by atoms with Gasteiger partial charge in [0.05, 0.1) is 22.4 Å². The Morgan fingerprint density at radius 2 is 0.421 bits per heavy atom. The molecule has 0 bridgehead atoms. The van der Waals surface area contributed by atoms with E-state index in [2.05, 4.69) is 138 Å². The van der Waals surface area contributed by atoms with Crippen LogP contribution in [0, 0.1) is 118 Å². The lowest BCUT2D eigenvalue weighted by Gasteiger charge is -2.43. The molecule has 8 aliphatic carbocycles. The monoisotopic (exact) mass is 1070 g/mol. The third kappa shape index (κ3) is 31.3. The van der Waals surface area contributed by atoms with E-state index in [0.29, 0.717) is 0 Å². The summed E-state index contributed by atoms with van der Waals surface area (Å²) in [4.78, 5) is 0. The van der Waals surface area contributed by atoms with Gasteiger partial charge in [-0.05, 0) is 274 Å². The van der Waals surface area contributed by atoms with E-state index < -0.39 is 0 Å². The third-order valence-electron chi connectivity index (χ3n) is 21.5. The van der Waals surface area contributed by atoms with E-state index in [-0.39, 0.29) is 22.4 Å². The second kappa shape index (κ2) is 35.1. The van der Waals surface area contributed by atoms with Crippen LogP contribution in [0.1, 0.15) is 320 Å². The maximum atomic E-state index is 9.67. The van der Waals surface area contributed by atoms with E-state index in [0.717, 1.165) is 170 Å². The highest BCUT2D eigenvalue weighted by Crippen LogP contribution is 2.43. The highest BCUT2D eigenvalue weighted by atomic mass is 16.3. The fourth-order valence-corrected chi connectivity index (χ4v) is 13.9. The fourth-order valence-electron chi connectivity index (χ4n) is 13.9. The first-order valence-corrected chi connectivity index (χ1v) is 33.7. The average molecular weight is 1070 g/mol. The van der Waals surface area contributed by atoms with Crippen LogP contribution in [-0.2, 0) is 0 Å². The summed E-state index contributed by atoms with van der Waals surface area (Å²) in [6, 6.07) is 0. The molecule has 0 aliphatic heterocycles. The Hall–Kier alpha value is -0.160. The molecule has 8 rings (SSSR count). The number of hydrogen-bond donors (Lipinski definition) is 4. The van der Waals surface area contributed by atoms with Gasteiger partial charge in [0.2, 0.25) is 0 Å². The van der Waals surface area contributed by atoms with Crippen LogP contribution in [0.2, 0.25) is 0 Å². The van der Waals surface area contributed by atoms with Crippen molar-refractivity contribution in [2.45, 2.75) is 343 Å². The Labute approximate surface area is 479 Å². The minimum absolute atomic E-state index is 0.324. The topological polar surface area (TPSA) is 80.9 Å². The summed E-state index contributed by atoms with van der Waals surface area (Å²) in [7, 11) is 0. The Morgan fingerprint density at radius 1 is 0.237 bits per heavy atom. The largest absolute Gasteiger partial charge is 0.390 e. The summed E-state index contributed by atoms with van der Waals surface area (Å²) >= 11 is 0. The zero-order valence-corrected chi connectivity index (χ0v) is 56.3. The van der Waals surface area contributed by atoms with Gasteiger partial charge in [0.15, 0.2) is 0 Å². The highest BCUT2D eigenvalue weighted by Gasteiger charge is 2.40. The SMILES string of the molecule is CC(C)C1CC(C)(O)C1.CC(C)C1CC(C)(O)C1.CC(C)C1CCC(C)(O)CC1.CC(C)C1CCC(C)(O)CC1.CC1CC(C(C)C)C1.CC1CC(C(C)C)C1.CC1CCC(C(C)C)CC1.CC1CCC(C(C)C)CC1. The van der Waals surface area contributed by atoms with Crippen LogP contribution in [0.5, 0.6) is 0 Å². The van der Waals surface area contributed by atoms with Crippen molar-refractivity contribution >= 4 is 0 Å². The van der Waals surface area contributed by atoms with Crippen LogP contribution < -0.4 is 0 Å². The molecular weight excluding hydrogens is 929 g/mol. The summed E-state index contributed by atoms with van der Waals surface area (Å²) in [5.41, 5.74) is -1.36. The van der Waals surface area contributed by atoms with Gasteiger partial charge in [0.1, 0.15) is 0 Å². The van der Waals surface area contributed by atoms with Gasteiger partial charge in [0.25, 0.3) is 0 Å². The summed E-state index contributed by atoms with van der Waals surface area (Å²) in [5, 5.41) is 38.0. The van der Waals surface area contributed by atoms with Crippen molar-refractivity contribution in [2.75, 3.05) is 0 Å². The Kier molecular flexibility index (Phi) is 34.1. The van der Waals surface area contributed by atoms with Gasteiger partial charge in [-0.15, -0.1) is 0 Å². The molecule has 0 spiro atoms. The maximum absolute atomic E-state index is 9.67. The molecule has 8 aliphatic rings. The van der Waals surface area contributed by atoms with Gasteiger partial charge in [-0.25, -0.2) is 0 Å². The molecule has 8 fully saturated rings. The number of rotatable bonds is 8. The zero-order chi connectivity index (χ0) is 58.5. The van der Waals surface area contributed by atoms with E-state index >= 15 is 0 Å². The molecule has 4 nitrogen and oxygen atoms in total. The second-order valence-corrected chi connectivity index (χ2v) is 32.7. The molecule has 76 heavy (non-hydrogen) atoms. The van der Waals surface area contributed by atoms with Gasteiger partial charge in [-0.3, -0.25) is 0 Å². The molecule has 0 unspecified atom stereocenters. The molecule has 0 saturated heterocycles. The van der Waals surface area contributed by atoms with E-state index in [1.165, 1.54) is 103 Å². The number of aliphatic hydroxyl groups is 4. The molecule has 0 heterocycles. The number of hydrogen-bond acceptors (Lipinski definition) is 4. The lowest BCUT2D eigenvalue weighted by molar-refractivity contribution is -0.0717. The molecular formula is C72H144O4. The average Bonchev–Trinajstić information content (AvgIpc) is 3.26. The molecule has 0 aromatic rings. The molecule has 0 atom stereocenters. The molecule has 456 valence electrons. The smallest absolute Gasteiger partial charge is 0.0625 e. The third-order valence-corrected chi connectivity index (χ3v) is 21.5. The van der Waals surface area contributed by atoms with Gasteiger partial charge < -0.3 is 20.4 Å². The van der Waals surface area contributed by atoms with Crippen molar-refractivity contribution in [2.24, 2.45) is 118 Å². The summed E-state index contributed by atoms with van der Waals surface area (Å²) in [6.45, 7) is 54.0. The molecule has 4 N–H and O–H groups in total. The van der Waals surface area contributed by atoms with E-state index in [4.69, 9.17) is 0 Å². The van der Waals surface area contributed by atoms with Crippen LogP contribution >= 0.6 is 0 Å². The second-order valence-electron chi connectivity index (χ2n) is 32.7. The van der Waals surface area contributed by atoms with Gasteiger partial charge >= 0.3 is 0 Å². The quantitative estimate of drug-likeness (QED) is 0.195. The minimum Gasteiger partial charge on any atom is -0.390 e. The fraction of sp³-hybridized carbons (Fsp3) is 1.00. The van der Waals surface area contributed by atoms with Crippen molar-refractivity contribution < 1.29 is 20.4 Å². The maximum Gasteiger partial charge on any atom is 0.0625 e. The van der Waals surface area contributed by atoms with Crippen LogP contribution in [0.25, 0.3) is 0 Å². The van der Waals surface area contributed by atoms with Crippen molar-refractivity contribution in [3.05, 3.63) is 0 Å². The van der Waals surface area contributed by atoms with Crippen molar-refractivity contribution in [1.29, 1.82) is 0 Å². The molecule has 0 aromatic heterocycles. The molecule has 4 heteroatoms. The van der Waals surface area contributed by atoms with E-state index in [1.807, 2.05) is 27.7 Å². The minimum atomic E-state index is -0.356. The highest BCUT2D eigenvalue weighted by molar-refractivity contribution is 4.92. The van der Waals surface area contributed by atoms with Crippen LogP contribution in [0.3, 0.4) is 0 Å². The summed E-state index contributed by atoms with van der Waals surface area (Å²) < 4.78 is 0. The van der Waals surface area contributed by atoms with Gasteiger partial charge in [-0.2, -0.15) is 0 Å². The normalized spacial score (nSPS) is 38.7. The predicted octanol–water partition coefficient (Wildman–Crippen LogP) is 21.1. The van der Waals surface area contributed by atoms with E-state index in [9.17, 15) is 20.4 Å².